The number of ether oxygens (including phenoxy) is 2. The number of benzene rings is 2. The molecular weight excluding hydrogens is 460 g/mol. The monoisotopic (exact) mass is 486 g/mol. The van der Waals surface area contributed by atoms with Crippen LogP contribution in [0.4, 0.5) is 17.5 Å². The number of rotatable bonds is 5. The first-order chi connectivity index (χ1) is 17.4. The van der Waals surface area contributed by atoms with Gasteiger partial charge in [0.25, 0.3) is 5.56 Å². The second kappa shape index (κ2) is 9.62. The van der Waals surface area contributed by atoms with Gasteiger partial charge >= 0.3 is 0 Å². The number of nitriles is 1. The number of carbonyl (C=O) groups is 1. The van der Waals surface area contributed by atoms with E-state index in [4.69, 9.17) is 9.47 Å². The number of fused-ring (bicyclic) bond motifs is 2. The lowest BCUT2D eigenvalue weighted by Gasteiger charge is -2.28. The van der Waals surface area contributed by atoms with Gasteiger partial charge in [0.05, 0.1) is 24.8 Å². The number of hydrogen-bond acceptors (Lipinski definition) is 8. The van der Waals surface area contributed by atoms with Crippen molar-refractivity contribution in [3.8, 4) is 17.6 Å². The highest BCUT2D eigenvalue weighted by atomic mass is 16.5. The van der Waals surface area contributed by atoms with E-state index in [9.17, 15) is 14.9 Å². The molecule has 10 nitrogen and oxygen atoms in total. The number of amides is 1. The average Bonchev–Trinajstić information content (AvgIpc) is 3.11. The lowest BCUT2D eigenvalue weighted by Crippen LogP contribution is -2.38. The van der Waals surface area contributed by atoms with Gasteiger partial charge in [0.1, 0.15) is 11.7 Å². The van der Waals surface area contributed by atoms with E-state index in [-0.39, 0.29) is 17.3 Å². The first-order valence-electron chi connectivity index (χ1n) is 11.7. The van der Waals surface area contributed by atoms with Crippen molar-refractivity contribution >= 4 is 23.4 Å². The van der Waals surface area contributed by atoms with Crippen molar-refractivity contribution in [3.05, 3.63) is 69.5 Å². The molecule has 3 aromatic rings. The molecule has 0 saturated heterocycles. The van der Waals surface area contributed by atoms with Crippen molar-refractivity contribution in [1.82, 2.24) is 9.97 Å². The molecule has 0 bridgehead atoms. The fraction of sp³-hybridized carbons (Fsp3) is 0.308. The molecule has 1 amide bonds. The third-order valence-electron chi connectivity index (χ3n) is 6.30. The summed E-state index contributed by atoms with van der Waals surface area (Å²) in [6.07, 6.45) is 0.821. The van der Waals surface area contributed by atoms with Crippen LogP contribution in [0.1, 0.15) is 29.0 Å². The second-order valence-electron chi connectivity index (χ2n) is 8.92. The highest BCUT2D eigenvalue weighted by Crippen LogP contribution is 2.38. The standard InChI is InChI=1S/C26H26N6O4/c1-32(2)17-7-5-16(6-8-17)21-18(13-27)24(33)29-23-22(21)25(34)31-26(30-23)28-14-15-4-9-19-20(12-15)36-11-3-10-35-19/h4-9,12,18,21H,3,10-11,14H2,1-2H3,(H3,28,29,30,31,33,34). The van der Waals surface area contributed by atoms with E-state index < -0.39 is 23.3 Å². The molecule has 2 aliphatic heterocycles. The molecule has 36 heavy (non-hydrogen) atoms. The highest BCUT2D eigenvalue weighted by Gasteiger charge is 2.40. The third-order valence-corrected chi connectivity index (χ3v) is 6.30. The molecule has 0 radical (unpaired) electrons. The Morgan fingerprint density at radius 1 is 1.11 bits per heavy atom. The van der Waals surface area contributed by atoms with E-state index in [0.717, 1.165) is 17.7 Å². The van der Waals surface area contributed by atoms with Crippen LogP contribution in [-0.2, 0) is 11.3 Å². The van der Waals surface area contributed by atoms with E-state index in [1.165, 1.54) is 0 Å². The minimum Gasteiger partial charge on any atom is -0.490 e. The molecule has 1 aromatic heterocycles. The first-order valence-corrected chi connectivity index (χ1v) is 11.7. The van der Waals surface area contributed by atoms with Crippen LogP contribution in [0.25, 0.3) is 0 Å². The molecule has 2 atom stereocenters. The maximum absolute atomic E-state index is 13.2. The topological polar surface area (TPSA) is 132 Å². The van der Waals surface area contributed by atoms with Crippen LogP contribution >= 0.6 is 0 Å². The average molecular weight is 487 g/mol. The van der Waals surface area contributed by atoms with Crippen molar-refractivity contribution in [3.63, 3.8) is 0 Å². The van der Waals surface area contributed by atoms with Gasteiger partial charge in [-0.25, -0.2) is 0 Å². The Bertz CT molecular complexity index is 1390. The molecule has 3 N–H and O–H groups in total. The molecule has 0 spiro atoms. The third kappa shape index (κ3) is 4.43. The summed E-state index contributed by atoms with van der Waals surface area (Å²) in [5.41, 5.74) is 2.42. The number of aromatic amines is 1. The molecule has 0 saturated carbocycles. The fourth-order valence-corrected chi connectivity index (χ4v) is 4.44. The molecule has 2 unspecified atom stereocenters. The number of nitrogens with one attached hydrogen (secondary N) is 3. The zero-order chi connectivity index (χ0) is 25.2. The smallest absolute Gasteiger partial charge is 0.258 e. The van der Waals surface area contributed by atoms with Crippen molar-refractivity contribution in [2.24, 2.45) is 5.92 Å². The number of H-pyrrole nitrogens is 1. The molecule has 3 heterocycles. The quantitative estimate of drug-likeness (QED) is 0.502. The normalized spacial score (nSPS) is 18.3. The predicted molar refractivity (Wildman–Crippen MR) is 135 cm³/mol. The minimum atomic E-state index is -1.05. The molecule has 2 aromatic carbocycles. The summed E-state index contributed by atoms with van der Waals surface area (Å²) in [4.78, 5) is 35.2. The van der Waals surface area contributed by atoms with Gasteiger partial charge in [-0.3, -0.25) is 14.6 Å². The summed E-state index contributed by atoms with van der Waals surface area (Å²) in [6.45, 7) is 1.57. The van der Waals surface area contributed by atoms with Gasteiger partial charge in [0.15, 0.2) is 11.5 Å². The van der Waals surface area contributed by atoms with Gasteiger partial charge in [0.2, 0.25) is 11.9 Å². The lowest BCUT2D eigenvalue weighted by molar-refractivity contribution is -0.119. The summed E-state index contributed by atoms with van der Waals surface area (Å²) in [6, 6.07) is 15.2. The lowest BCUT2D eigenvalue weighted by atomic mass is 9.79. The van der Waals surface area contributed by atoms with Crippen molar-refractivity contribution in [2.75, 3.05) is 42.8 Å². The number of anilines is 3. The minimum absolute atomic E-state index is 0.151. The molecule has 10 heteroatoms. The Kier molecular flexibility index (Phi) is 6.21. The van der Waals surface area contributed by atoms with Gasteiger partial charge in [-0.2, -0.15) is 10.2 Å². The van der Waals surface area contributed by atoms with Crippen LogP contribution in [0.2, 0.25) is 0 Å². The van der Waals surface area contributed by atoms with Gasteiger partial charge < -0.3 is 25.0 Å². The van der Waals surface area contributed by atoms with Gasteiger partial charge in [-0.05, 0) is 35.4 Å². The molecular formula is C26H26N6O4. The van der Waals surface area contributed by atoms with Gasteiger partial charge in [-0.15, -0.1) is 0 Å². The molecule has 184 valence electrons. The highest BCUT2D eigenvalue weighted by molar-refractivity contribution is 5.98. The Labute approximate surface area is 207 Å². The maximum atomic E-state index is 13.2. The van der Waals surface area contributed by atoms with Crippen molar-refractivity contribution in [1.29, 1.82) is 5.26 Å². The van der Waals surface area contributed by atoms with Crippen molar-refractivity contribution < 1.29 is 14.3 Å². The van der Waals surface area contributed by atoms with Crippen LogP contribution in [-0.4, -0.2) is 43.2 Å². The SMILES string of the molecule is CN(C)c1ccc(C2c3c(nc(NCc4ccc5c(c4)OCCCO5)[nH]c3=O)NC(=O)C2C#N)cc1. The Hall–Kier alpha value is -4.52. The van der Waals surface area contributed by atoms with Crippen molar-refractivity contribution in [2.45, 2.75) is 18.9 Å². The summed E-state index contributed by atoms with van der Waals surface area (Å²) in [7, 11) is 3.85. The largest absolute Gasteiger partial charge is 0.490 e. The molecule has 0 fully saturated rings. The van der Waals surface area contributed by atoms with E-state index in [1.807, 2.05) is 61.5 Å². The van der Waals surface area contributed by atoms with Crippen LogP contribution in [0.5, 0.6) is 11.5 Å². The maximum Gasteiger partial charge on any atom is 0.258 e. The molecule has 5 rings (SSSR count). The van der Waals surface area contributed by atoms with Crippen LogP contribution in [0.3, 0.4) is 0 Å². The summed E-state index contributed by atoms with van der Waals surface area (Å²) < 4.78 is 11.4. The molecule has 2 aliphatic rings. The Morgan fingerprint density at radius 3 is 2.58 bits per heavy atom. The zero-order valence-corrected chi connectivity index (χ0v) is 20.0. The second-order valence-corrected chi connectivity index (χ2v) is 8.92. The van der Waals surface area contributed by atoms with Crippen LogP contribution < -0.4 is 30.6 Å². The van der Waals surface area contributed by atoms with Crippen LogP contribution in [0.15, 0.2) is 47.3 Å². The van der Waals surface area contributed by atoms with E-state index >= 15 is 0 Å². The number of carbonyl (C=O) groups excluding carboxylic acids is 1. The number of hydrogen-bond donors (Lipinski definition) is 3. The summed E-state index contributed by atoms with van der Waals surface area (Å²) in [5, 5.41) is 15.5. The Morgan fingerprint density at radius 2 is 1.86 bits per heavy atom. The van der Waals surface area contributed by atoms with E-state index in [0.29, 0.717) is 36.8 Å². The van der Waals surface area contributed by atoms with Gasteiger partial charge in [0, 0.05) is 38.7 Å². The van der Waals surface area contributed by atoms with E-state index in [1.54, 1.807) is 0 Å². The number of nitrogens with zero attached hydrogens (tertiary/aromatic N) is 3. The zero-order valence-electron chi connectivity index (χ0n) is 20.0. The van der Waals surface area contributed by atoms with E-state index in [2.05, 4.69) is 26.7 Å². The first kappa shape index (κ1) is 23.2. The number of aromatic nitrogens is 2. The Balaban J connectivity index is 1.43. The van der Waals surface area contributed by atoms with Crippen LogP contribution in [0, 0.1) is 17.2 Å². The fourth-order valence-electron chi connectivity index (χ4n) is 4.44. The summed E-state index contributed by atoms with van der Waals surface area (Å²) >= 11 is 0. The predicted octanol–water partition coefficient (Wildman–Crippen LogP) is 2.83. The van der Waals surface area contributed by atoms with Gasteiger partial charge in [-0.1, -0.05) is 18.2 Å². The summed E-state index contributed by atoms with van der Waals surface area (Å²) in [5.74, 6) is -0.527. The molecule has 0 aliphatic carbocycles.